The molecular formula is C15H14BrFN2OS. The monoisotopic (exact) mass is 368 g/mol. The zero-order chi connectivity index (χ0) is 15.1. The molecule has 0 aliphatic rings. The van der Waals surface area contributed by atoms with Crippen LogP contribution in [0.1, 0.15) is 5.69 Å². The first-order valence-electron chi connectivity index (χ1n) is 6.38. The smallest absolute Gasteiger partial charge is 0.234 e. The number of carbonyl (C=O) groups excluding carboxylic acids is 1. The maximum Gasteiger partial charge on any atom is 0.234 e. The third-order valence-electron chi connectivity index (χ3n) is 2.67. The standard InChI is InChI=1S/C15H14BrFN2OS/c16-11-4-5-14(13(17)9-11)19-15(20)10-21-8-6-12-3-1-2-7-18-12/h1-5,7,9H,6,8,10H2,(H,19,20). The number of aromatic nitrogens is 1. The summed E-state index contributed by atoms with van der Waals surface area (Å²) in [6.45, 7) is 0. The number of amides is 1. The molecule has 1 aromatic heterocycles. The Bertz CT molecular complexity index is 610. The van der Waals surface area contributed by atoms with Gasteiger partial charge in [-0.2, -0.15) is 11.8 Å². The van der Waals surface area contributed by atoms with E-state index in [-0.39, 0.29) is 11.6 Å². The van der Waals surface area contributed by atoms with Gasteiger partial charge in [0.25, 0.3) is 0 Å². The van der Waals surface area contributed by atoms with Crippen molar-refractivity contribution >= 4 is 39.3 Å². The van der Waals surface area contributed by atoms with Gasteiger partial charge in [0.2, 0.25) is 5.91 Å². The SMILES string of the molecule is O=C(CSCCc1ccccn1)Nc1ccc(Br)cc1F. The van der Waals surface area contributed by atoms with Crippen LogP contribution in [-0.2, 0) is 11.2 Å². The molecule has 0 unspecified atom stereocenters. The number of hydrogen-bond acceptors (Lipinski definition) is 3. The molecule has 0 atom stereocenters. The number of carbonyl (C=O) groups is 1. The van der Waals surface area contributed by atoms with Crippen molar-refractivity contribution in [1.29, 1.82) is 0 Å². The quantitative estimate of drug-likeness (QED) is 0.786. The van der Waals surface area contributed by atoms with Crippen LogP contribution in [-0.4, -0.2) is 22.4 Å². The minimum absolute atomic E-state index is 0.202. The Hall–Kier alpha value is -1.40. The Kier molecular flexibility index (Phi) is 6.20. The van der Waals surface area contributed by atoms with E-state index in [9.17, 15) is 9.18 Å². The fourth-order valence-corrected chi connectivity index (χ4v) is 2.75. The maximum absolute atomic E-state index is 13.6. The van der Waals surface area contributed by atoms with Crippen LogP contribution in [0.4, 0.5) is 10.1 Å². The molecule has 1 aromatic carbocycles. The highest BCUT2D eigenvalue weighted by molar-refractivity contribution is 9.10. The number of thioether (sulfide) groups is 1. The highest BCUT2D eigenvalue weighted by Gasteiger charge is 2.07. The molecule has 110 valence electrons. The van der Waals surface area contributed by atoms with Crippen molar-refractivity contribution < 1.29 is 9.18 Å². The van der Waals surface area contributed by atoms with Gasteiger partial charge < -0.3 is 5.32 Å². The van der Waals surface area contributed by atoms with Crippen LogP contribution in [0.15, 0.2) is 47.1 Å². The van der Waals surface area contributed by atoms with E-state index in [2.05, 4.69) is 26.2 Å². The van der Waals surface area contributed by atoms with E-state index < -0.39 is 5.82 Å². The number of hydrogen-bond donors (Lipinski definition) is 1. The molecule has 0 saturated carbocycles. The zero-order valence-electron chi connectivity index (χ0n) is 11.2. The average molecular weight is 369 g/mol. The second-order valence-corrected chi connectivity index (χ2v) is 6.32. The highest BCUT2D eigenvalue weighted by atomic mass is 79.9. The molecule has 0 bridgehead atoms. The number of benzene rings is 1. The summed E-state index contributed by atoms with van der Waals surface area (Å²) in [5.74, 6) is 0.439. The van der Waals surface area contributed by atoms with Crippen molar-refractivity contribution in [3.05, 3.63) is 58.6 Å². The van der Waals surface area contributed by atoms with Gasteiger partial charge in [-0.25, -0.2) is 4.39 Å². The van der Waals surface area contributed by atoms with E-state index in [0.717, 1.165) is 17.9 Å². The van der Waals surface area contributed by atoms with Crippen LogP contribution in [0.25, 0.3) is 0 Å². The van der Waals surface area contributed by atoms with Crippen molar-refractivity contribution in [1.82, 2.24) is 4.98 Å². The normalized spacial score (nSPS) is 10.4. The molecule has 2 aromatic rings. The summed E-state index contributed by atoms with van der Waals surface area (Å²) in [5.41, 5.74) is 1.21. The number of rotatable bonds is 6. The van der Waals surface area contributed by atoms with Crippen molar-refractivity contribution in [3.63, 3.8) is 0 Å². The van der Waals surface area contributed by atoms with Gasteiger partial charge in [0, 0.05) is 16.4 Å². The highest BCUT2D eigenvalue weighted by Crippen LogP contribution is 2.19. The van der Waals surface area contributed by atoms with Crippen LogP contribution < -0.4 is 5.32 Å². The number of nitrogens with one attached hydrogen (secondary N) is 1. The van der Waals surface area contributed by atoms with E-state index in [1.807, 2.05) is 18.2 Å². The Morgan fingerprint density at radius 1 is 1.33 bits per heavy atom. The van der Waals surface area contributed by atoms with Gasteiger partial charge >= 0.3 is 0 Å². The third-order valence-corrected chi connectivity index (χ3v) is 4.12. The molecule has 6 heteroatoms. The number of aryl methyl sites for hydroxylation is 1. The predicted octanol–water partition coefficient (Wildman–Crippen LogP) is 3.90. The fraction of sp³-hybridized carbons (Fsp3) is 0.200. The lowest BCUT2D eigenvalue weighted by molar-refractivity contribution is -0.113. The lowest BCUT2D eigenvalue weighted by Crippen LogP contribution is -2.15. The van der Waals surface area contributed by atoms with Crippen LogP contribution in [0.3, 0.4) is 0 Å². The van der Waals surface area contributed by atoms with Crippen LogP contribution in [0.5, 0.6) is 0 Å². The van der Waals surface area contributed by atoms with Crippen LogP contribution >= 0.6 is 27.7 Å². The molecule has 0 aliphatic carbocycles. The first kappa shape index (κ1) is 16.0. The van der Waals surface area contributed by atoms with Crippen molar-refractivity contribution in [2.24, 2.45) is 0 Å². The van der Waals surface area contributed by atoms with E-state index >= 15 is 0 Å². The van der Waals surface area contributed by atoms with Gasteiger partial charge in [-0.05, 0) is 42.5 Å². The van der Waals surface area contributed by atoms with Gasteiger partial charge in [0.15, 0.2) is 0 Å². The predicted molar refractivity (Wildman–Crippen MR) is 88.0 cm³/mol. The molecular weight excluding hydrogens is 355 g/mol. The summed E-state index contributed by atoms with van der Waals surface area (Å²) in [6, 6.07) is 10.3. The lowest BCUT2D eigenvalue weighted by Gasteiger charge is -2.06. The Labute approximate surface area is 135 Å². The van der Waals surface area contributed by atoms with Crippen molar-refractivity contribution in [3.8, 4) is 0 Å². The van der Waals surface area contributed by atoms with Gasteiger partial charge in [0.1, 0.15) is 5.82 Å². The molecule has 1 N–H and O–H groups in total. The average Bonchev–Trinajstić information content (AvgIpc) is 2.48. The van der Waals surface area contributed by atoms with E-state index in [0.29, 0.717) is 10.2 Å². The van der Waals surface area contributed by atoms with Gasteiger partial charge in [-0.1, -0.05) is 22.0 Å². The summed E-state index contributed by atoms with van der Waals surface area (Å²) >= 11 is 4.67. The number of nitrogens with zero attached hydrogens (tertiary/aromatic N) is 1. The van der Waals surface area contributed by atoms with Gasteiger partial charge in [0.05, 0.1) is 11.4 Å². The summed E-state index contributed by atoms with van der Waals surface area (Å²) in [4.78, 5) is 16.0. The Morgan fingerprint density at radius 2 is 2.19 bits per heavy atom. The molecule has 2 rings (SSSR count). The number of halogens is 2. The first-order valence-corrected chi connectivity index (χ1v) is 8.32. The fourth-order valence-electron chi connectivity index (χ4n) is 1.66. The molecule has 3 nitrogen and oxygen atoms in total. The lowest BCUT2D eigenvalue weighted by atomic mass is 10.3. The third kappa shape index (κ3) is 5.47. The zero-order valence-corrected chi connectivity index (χ0v) is 13.6. The largest absolute Gasteiger partial charge is 0.323 e. The van der Waals surface area contributed by atoms with Gasteiger partial charge in [-0.3, -0.25) is 9.78 Å². The van der Waals surface area contributed by atoms with Crippen molar-refractivity contribution in [2.45, 2.75) is 6.42 Å². The minimum atomic E-state index is -0.448. The van der Waals surface area contributed by atoms with E-state index in [1.54, 1.807) is 12.3 Å². The topological polar surface area (TPSA) is 42.0 Å². The number of pyridine rings is 1. The Morgan fingerprint density at radius 3 is 2.90 bits per heavy atom. The summed E-state index contributed by atoms with van der Waals surface area (Å²) in [7, 11) is 0. The summed E-state index contributed by atoms with van der Waals surface area (Å²) < 4.78 is 14.2. The molecule has 0 fully saturated rings. The molecule has 0 spiro atoms. The summed E-state index contributed by atoms with van der Waals surface area (Å²) in [5, 5.41) is 2.56. The first-order chi connectivity index (χ1) is 10.1. The van der Waals surface area contributed by atoms with Crippen LogP contribution in [0, 0.1) is 5.82 Å². The van der Waals surface area contributed by atoms with Gasteiger partial charge in [-0.15, -0.1) is 0 Å². The van der Waals surface area contributed by atoms with Crippen LogP contribution in [0.2, 0.25) is 0 Å². The maximum atomic E-state index is 13.6. The Balaban J connectivity index is 1.72. The molecule has 21 heavy (non-hydrogen) atoms. The molecule has 0 aliphatic heterocycles. The second-order valence-electron chi connectivity index (χ2n) is 4.30. The molecule has 1 heterocycles. The van der Waals surface area contributed by atoms with E-state index in [4.69, 9.17) is 0 Å². The van der Waals surface area contributed by atoms with E-state index in [1.165, 1.54) is 23.9 Å². The van der Waals surface area contributed by atoms with Crippen molar-refractivity contribution in [2.75, 3.05) is 16.8 Å². The molecule has 0 saturated heterocycles. The summed E-state index contributed by atoms with van der Waals surface area (Å²) in [6.07, 6.45) is 2.56. The molecule has 1 amide bonds. The second kappa shape index (κ2) is 8.14. The molecule has 0 radical (unpaired) electrons. The minimum Gasteiger partial charge on any atom is -0.323 e. The number of anilines is 1.